The first-order valence-corrected chi connectivity index (χ1v) is 4.68. The normalized spacial score (nSPS) is 17.9. The van der Waals surface area contributed by atoms with Crippen molar-refractivity contribution in [2.45, 2.75) is 27.2 Å². The first-order chi connectivity index (χ1) is 5.59. The summed E-state index contributed by atoms with van der Waals surface area (Å²) in [6.07, 6.45) is 5.84. The van der Waals surface area contributed by atoms with Gasteiger partial charge in [0.05, 0.1) is 0 Å². The van der Waals surface area contributed by atoms with Crippen LogP contribution < -0.4 is 0 Å². The molecule has 0 aromatic heterocycles. The molecule has 1 heteroatoms. The number of hydrogen-bond donors (Lipinski definition) is 0. The van der Waals surface area contributed by atoms with E-state index >= 15 is 0 Å². The molecule has 1 aliphatic heterocycles. The standard InChI is InChI=1S/C11H19N/c1-9(2)7-11-5-6-12(4)10(3)8-11/h5,8-9H,6-7H2,1-4H3. The first kappa shape index (κ1) is 9.37. The number of likely N-dealkylation sites (N-methyl/N-ethyl adjacent to an activating group) is 1. The van der Waals surface area contributed by atoms with Crippen molar-refractivity contribution in [2.24, 2.45) is 5.92 Å². The molecule has 0 fully saturated rings. The highest BCUT2D eigenvalue weighted by Crippen LogP contribution is 2.18. The molecule has 0 aromatic carbocycles. The van der Waals surface area contributed by atoms with Crippen LogP contribution in [-0.2, 0) is 0 Å². The van der Waals surface area contributed by atoms with Crippen LogP contribution in [0.15, 0.2) is 23.4 Å². The fraction of sp³-hybridized carbons (Fsp3) is 0.636. The van der Waals surface area contributed by atoms with E-state index in [2.05, 4.69) is 44.9 Å². The molecule has 1 nitrogen and oxygen atoms in total. The smallest absolute Gasteiger partial charge is 0.0358 e. The maximum atomic E-state index is 2.33. The molecule has 1 aliphatic rings. The molecule has 1 heterocycles. The third kappa shape index (κ3) is 2.40. The predicted octanol–water partition coefficient (Wildman–Crippen LogP) is 2.81. The Morgan fingerprint density at radius 2 is 2.17 bits per heavy atom. The van der Waals surface area contributed by atoms with Gasteiger partial charge < -0.3 is 4.90 Å². The molecule has 0 aromatic rings. The Bertz CT molecular complexity index is 211. The predicted molar refractivity (Wildman–Crippen MR) is 53.9 cm³/mol. The van der Waals surface area contributed by atoms with E-state index in [1.165, 1.54) is 17.7 Å². The quantitative estimate of drug-likeness (QED) is 0.608. The van der Waals surface area contributed by atoms with Gasteiger partial charge in [0.15, 0.2) is 0 Å². The van der Waals surface area contributed by atoms with Crippen molar-refractivity contribution in [3.63, 3.8) is 0 Å². The Balaban J connectivity index is 2.59. The lowest BCUT2D eigenvalue weighted by Crippen LogP contribution is -2.19. The van der Waals surface area contributed by atoms with Crippen LogP contribution in [0.2, 0.25) is 0 Å². The highest BCUT2D eigenvalue weighted by Gasteiger charge is 2.06. The molecule has 0 unspecified atom stereocenters. The Morgan fingerprint density at radius 3 is 2.67 bits per heavy atom. The molecule has 1 rings (SSSR count). The summed E-state index contributed by atoms with van der Waals surface area (Å²) in [5.41, 5.74) is 2.88. The zero-order valence-electron chi connectivity index (χ0n) is 8.59. The fourth-order valence-corrected chi connectivity index (χ4v) is 1.45. The summed E-state index contributed by atoms with van der Waals surface area (Å²) in [4.78, 5) is 2.27. The van der Waals surface area contributed by atoms with Crippen molar-refractivity contribution in [3.8, 4) is 0 Å². The molecule has 0 saturated heterocycles. The van der Waals surface area contributed by atoms with Crippen molar-refractivity contribution in [3.05, 3.63) is 23.4 Å². The topological polar surface area (TPSA) is 3.24 Å². The van der Waals surface area contributed by atoms with E-state index in [4.69, 9.17) is 0 Å². The van der Waals surface area contributed by atoms with Gasteiger partial charge in [-0.1, -0.05) is 19.9 Å². The van der Waals surface area contributed by atoms with E-state index in [9.17, 15) is 0 Å². The second-order valence-electron chi connectivity index (χ2n) is 4.04. The Morgan fingerprint density at radius 1 is 1.50 bits per heavy atom. The maximum absolute atomic E-state index is 2.33. The van der Waals surface area contributed by atoms with Gasteiger partial charge in [0.2, 0.25) is 0 Å². The minimum atomic E-state index is 0.767. The van der Waals surface area contributed by atoms with E-state index in [-0.39, 0.29) is 0 Å². The molecule has 68 valence electrons. The zero-order valence-corrected chi connectivity index (χ0v) is 8.59. The molecule has 0 N–H and O–H groups in total. The maximum Gasteiger partial charge on any atom is 0.0358 e. The Labute approximate surface area is 75.8 Å². The van der Waals surface area contributed by atoms with Crippen molar-refractivity contribution >= 4 is 0 Å². The summed E-state index contributed by atoms with van der Waals surface area (Å²) >= 11 is 0. The monoisotopic (exact) mass is 165 g/mol. The van der Waals surface area contributed by atoms with Crippen LogP contribution in [0.4, 0.5) is 0 Å². The zero-order chi connectivity index (χ0) is 9.14. The van der Waals surface area contributed by atoms with Crippen LogP contribution in [0.1, 0.15) is 27.2 Å². The van der Waals surface area contributed by atoms with Crippen molar-refractivity contribution in [1.29, 1.82) is 0 Å². The van der Waals surface area contributed by atoms with Crippen molar-refractivity contribution in [1.82, 2.24) is 4.90 Å². The third-order valence-corrected chi connectivity index (χ3v) is 2.27. The SMILES string of the molecule is CC1=CC(CC(C)C)=CCN1C. The molecule has 0 amide bonds. The van der Waals surface area contributed by atoms with E-state index in [1.54, 1.807) is 0 Å². The number of allylic oxidation sites excluding steroid dienone is 3. The van der Waals surface area contributed by atoms with Crippen molar-refractivity contribution < 1.29 is 0 Å². The second-order valence-corrected chi connectivity index (χ2v) is 4.04. The van der Waals surface area contributed by atoms with Crippen LogP contribution in [0.5, 0.6) is 0 Å². The summed E-state index contributed by atoms with van der Waals surface area (Å²) in [5.74, 6) is 0.767. The largest absolute Gasteiger partial charge is 0.374 e. The van der Waals surface area contributed by atoms with E-state index in [0.717, 1.165) is 12.5 Å². The average molecular weight is 165 g/mol. The highest BCUT2D eigenvalue weighted by molar-refractivity contribution is 5.26. The van der Waals surface area contributed by atoms with Gasteiger partial charge in [-0.2, -0.15) is 0 Å². The molecule has 0 radical (unpaired) electrons. The molecule has 12 heavy (non-hydrogen) atoms. The summed E-state index contributed by atoms with van der Waals surface area (Å²) in [7, 11) is 2.13. The molecule has 0 spiro atoms. The van der Waals surface area contributed by atoms with Crippen LogP contribution in [-0.4, -0.2) is 18.5 Å². The van der Waals surface area contributed by atoms with Crippen LogP contribution in [0.3, 0.4) is 0 Å². The molecule has 0 aliphatic carbocycles. The molecule has 0 saturated carbocycles. The van der Waals surface area contributed by atoms with Crippen LogP contribution in [0, 0.1) is 5.92 Å². The third-order valence-electron chi connectivity index (χ3n) is 2.27. The number of nitrogens with zero attached hydrogens (tertiary/aromatic N) is 1. The molecule has 0 bridgehead atoms. The summed E-state index contributed by atoms with van der Waals surface area (Å²) in [6.45, 7) is 7.78. The minimum Gasteiger partial charge on any atom is -0.374 e. The molecular formula is C11H19N. The average Bonchev–Trinajstić information content (AvgIpc) is 1.96. The van der Waals surface area contributed by atoms with Gasteiger partial charge in [-0.25, -0.2) is 0 Å². The van der Waals surface area contributed by atoms with Gasteiger partial charge in [0, 0.05) is 19.3 Å². The van der Waals surface area contributed by atoms with E-state index in [0.29, 0.717) is 0 Å². The van der Waals surface area contributed by atoms with Gasteiger partial charge >= 0.3 is 0 Å². The van der Waals surface area contributed by atoms with Gasteiger partial charge in [-0.05, 0) is 30.9 Å². The second kappa shape index (κ2) is 3.79. The van der Waals surface area contributed by atoms with Gasteiger partial charge in [0.25, 0.3) is 0 Å². The Hall–Kier alpha value is -0.720. The molecular weight excluding hydrogens is 146 g/mol. The molecule has 0 atom stereocenters. The lowest BCUT2D eigenvalue weighted by Gasteiger charge is -2.23. The summed E-state index contributed by atoms with van der Waals surface area (Å²) < 4.78 is 0. The lowest BCUT2D eigenvalue weighted by molar-refractivity contribution is 0.454. The van der Waals surface area contributed by atoms with E-state index in [1.807, 2.05) is 0 Å². The minimum absolute atomic E-state index is 0.767. The number of hydrogen-bond acceptors (Lipinski definition) is 1. The van der Waals surface area contributed by atoms with Crippen LogP contribution in [0.25, 0.3) is 0 Å². The van der Waals surface area contributed by atoms with E-state index < -0.39 is 0 Å². The van der Waals surface area contributed by atoms with Crippen molar-refractivity contribution in [2.75, 3.05) is 13.6 Å². The fourth-order valence-electron chi connectivity index (χ4n) is 1.45. The van der Waals surface area contributed by atoms with Gasteiger partial charge in [0.1, 0.15) is 0 Å². The highest BCUT2D eigenvalue weighted by atomic mass is 15.1. The Kier molecular flexibility index (Phi) is 2.96. The lowest BCUT2D eigenvalue weighted by atomic mass is 10.00. The van der Waals surface area contributed by atoms with Gasteiger partial charge in [-0.15, -0.1) is 0 Å². The van der Waals surface area contributed by atoms with Gasteiger partial charge in [-0.3, -0.25) is 0 Å². The van der Waals surface area contributed by atoms with Crippen LogP contribution >= 0.6 is 0 Å². The summed E-state index contributed by atoms with van der Waals surface area (Å²) in [6, 6.07) is 0. The summed E-state index contributed by atoms with van der Waals surface area (Å²) in [5, 5.41) is 0. The number of rotatable bonds is 2. The first-order valence-electron chi connectivity index (χ1n) is 4.68.